The van der Waals surface area contributed by atoms with Gasteiger partial charge in [-0.1, -0.05) is 17.7 Å². The van der Waals surface area contributed by atoms with Crippen molar-refractivity contribution in [3.05, 3.63) is 81.6 Å². The minimum absolute atomic E-state index is 0.150. The fraction of sp³-hybridized carbons (Fsp3) is 0.200. The summed E-state index contributed by atoms with van der Waals surface area (Å²) in [7, 11) is 0. The number of benzene rings is 2. The van der Waals surface area contributed by atoms with Crippen LogP contribution in [-0.4, -0.2) is 15.7 Å². The van der Waals surface area contributed by atoms with Gasteiger partial charge < -0.3 is 5.32 Å². The van der Waals surface area contributed by atoms with Crippen molar-refractivity contribution >= 4 is 17.5 Å². The average Bonchev–Trinajstić information content (AvgIpc) is 2.90. The Kier molecular flexibility index (Phi) is 5.56. The molecule has 3 rings (SSSR count). The van der Waals surface area contributed by atoms with Crippen LogP contribution >= 0.6 is 11.6 Å². The molecule has 2 aromatic carbocycles. The Morgan fingerprint density at radius 2 is 1.78 bits per heavy atom. The van der Waals surface area contributed by atoms with Crippen LogP contribution in [-0.2, 0) is 17.8 Å². The highest BCUT2D eigenvalue weighted by Gasteiger charge is 2.16. The molecular weight excluding hydrogens is 372 g/mol. The maximum Gasteiger partial charge on any atom is 0.224 e. The van der Waals surface area contributed by atoms with Crippen LogP contribution in [0, 0.1) is 25.5 Å². The van der Waals surface area contributed by atoms with Crippen LogP contribution in [0.25, 0.3) is 5.69 Å². The van der Waals surface area contributed by atoms with E-state index < -0.39 is 5.82 Å². The van der Waals surface area contributed by atoms with Gasteiger partial charge in [0.25, 0.3) is 0 Å². The van der Waals surface area contributed by atoms with Gasteiger partial charge in [-0.2, -0.15) is 5.10 Å². The molecule has 0 atom stereocenters. The summed E-state index contributed by atoms with van der Waals surface area (Å²) in [6, 6.07) is 10.1. The Balaban J connectivity index is 1.71. The van der Waals surface area contributed by atoms with Crippen molar-refractivity contribution in [1.29, 1.82) is 0 Å². The molecule has 3 aromatic rings. The summed E-state index contributed by atoms with van der Waals surface area (Å²) >= 11 is 5.97. The highest BCUT2D eigenvalue weighted by atomic mass is 35.5. The Labute approximate surface area is 160 Å². The van der Waals surface area contributed by atoms with Gasteiger partial charge >= 0.3 is 0 Å². The lowest BCUT2D eigenvalue weighted by Crippen LogP contribution is -2.25. The quantitative estimate of drug-likeness (QED) is 0.708. The van der Waals surface area contributed by atoms with Gasteiger partial charge in [0, 0.05) is 22.8 Å². The molecule has 0 unspecified atom stereocenters. The van der Waals surface area contributed by atoms with E-state index in [2.05, 4.69) is 10.4 Å². The lowest BCUT2D eigenvalue weighted by atomic mass is 10.1. The van der Waals surface area contributed by atoms with Crippen LogP contribution in [0.1, 0.15) is 22.5 Å². The lowest BCUT2D eigenvalue weighted by Gasteiger charge is -2.08. The number of halogens is 3. The van der Waals surface area contributed by atoms with E-state index in [1.807, 2.05) is 13.8 Å². The first kappa shape index (κ1) is 19.0. The lowest BCUT2D eigenvalue weighted by molar-refractivity contribution is -0.120. The second-order valence-electron chi connectivity index (χ2n) is 6.23. The summed E-state index contributed by atoms with van der Waals surface area (Å²) in [5.41, 5.74) is 3.71. The van der Waals surface area contributed by atoms with E-state index in [4.69, 9.17) is 11.6 Å². The van der Waals surface area contributed by atoms with Gasteiger partial charge in [-0.05, 0) is 55.8 Å². The van der Waals surface area contributed by atoms with E-state index in [9.17, 15) is 13.6 Å². The maximum absolute atomic E-state index is 13.1. The number of nitrogens with zero attached hydrogens (tertiary/aromatic N) is 2. The summed E-state index contributed by atoms with van der Waals surface area (Å²) in [6.45, 7) is 3.90. The van der Waals surface area contributed by atoms with Crippen molar-refractivity contribution in [2.45, 2.75) is 26.8 Å². The van der Waals surface area contributed by atoms with Crippen LogP contribution < -0.4 is 5.32 Å². The summed E-state index contributed by atoms with van der Waals surface area (Å²) in [5, 5.41) is 7.51. The fourth-order valence-corrected chi connectivity index (χ4v) is 3.08. The van der Waals surface area contributed by atoms with Gasteiger partial charge in [-0.25, -0.2) is 13.5 Å². The first-order chi connectivity index (χ1) is 12.8. The molecule has 140 valence electrons. The van der Waals surface area contributed by atoms with E-state index >= 15 is 0 Å². The number of carbonyl (C=O) groups is 1. The normalized spacial score (nSPS) is 10.9. The summed E-state index contributed by atoms with van der Waals surface area (Å²) < 4.78 is 27.9. The topological polar surface area (TPSA) is 46.9 Å². The molecule has 0 saturated carbocycles. The zero-order valence-electron chi connectivity index (χ0n) is 14.9. The van der Waals surface area contributed by atoms with Crippen molar-refractivity contribution in [1.82, 2.24) is 15.1 Å². The predicted octanol–water partition coefficient (Wildman–Crippen LogP) is 4.28. The van der Waals surface area contributed by atoms with Crippen LogP contribution in [0.2, 0.25) is 5.02 Å². The minimum atomic E-state index is -0.422. The highest BCUT2D eigenvalue weighted by molar-refractivity contribution is 6.31. The smallest absolute Gasteiger partial charge is 0.224 e. The van der Waals surface area contributed by atoms with Crippen LogP contribution in [0.15, 0.2) is 42.5 Å². The maximum atomic E-state index is 13.1. The van der Waals surface area contributed by atoms with E-state index in [1.54, 1.807) is 22.9 Å². The predicted molar refractivity (Wildman–Crippen MR) is 100.0 cm³/mol. The minimum Gasteiger partial charge on any atom is -0.352 e. The second kappa shape index (κ2) is 7.88. The number of aromatic nitrogens is 2. The van der Waals surface area contributed by atoms with Crippen LogP contribution in [0.3, 0.4) is 0 Å². The van der Waals surface area contributed by atoms with Crippen molar-refractivity contribution in [2.75, 3.05) is 0 Å². The fourth-order valence-electron chi connectivity index (χ4n) is 2.85. The molecule has 7 heteroatoms. The summed E-state index contributed by atoms with van der Waals surface area (Å²) in [6.07, 6.45) is 0.150. The molecule has 27 heavy (non-hydrogen) atoms. The zero-order valence-corrected chi connectivity index (χ0v) is 15.6. The Morgan fingerprint density at radius 3 is 2.44 bits per heavy atom. The van der Waals surface area contributed by atoms with E-state index in [-0.39, 0.29) is 29.7 Å². The molecule has 0 radical (unpaired) electrons. The molecule has 1 amide bonds. The number of aryl methyl sites for hydroxylation is 1. The van der Waals surface area contributed by atoms with Crippen molar-refractivity contribution in [3.63, 3.8) is 0 Å². The number of nitrogens with one attached hydrogen (secondary N) is 1. The average molecular weight is 390 g/mol. The number of amides is 1. The highest BCUT2D eigenvalue weighted by Crippen LogP contribution is 2.20. The largest absolute Gasteiger partial charge is 0.352 e. The van der Waals surface area contributed by atoms with Crippen molar-refractivity contribution in [2.24, 2.45) is 0 Å². The number of carbonyl (C=O) groups excluding carboxylic acids is 1. The Morgan fingerprint density at radius 1 is 1.11 bits per heavy atom. The van der Waals surface area contributed by atoms with Gasteiger partial charge in [-0.3, -0.25) is 4.79 Å². The van der Waals surface area contributed by atoms with Gasteiger partial charge in [0.2, 0.25) is 5.91 Å². The first-order valence-corrected chi connectivity index (χ1v) is 8.74. The summed E-state index contributed by atoms with van der Waals surface area (Å²) in [4.78, 5) is 12.3. The molecule has 0 saturated heterocycles. The van der Waals surface area contributed by atoms with Crippen molar-refractivity contribution in [3.8, 4) is 5.69 Å². The Hall–Kier alpha value is -2.73. The molecule has 1 N–H and O–H groups in total. The standard InChI is InChI=1S/C20H18ClF2N3O/c1-12-18(13(2)26(25-12)17-7-5-15(22)6-8-17)10-20(27)24-11-14-3-4-16(23)9-19(14)21/h3-9H,10-11H2,1-2H3,(H,24,27). The third-order valence-corrected chi connectivity index (χ3v) is 4.69. The van der Waals surface area contributed by atoms with Gasteiger partial charge in [0.15, 0.2) is 0 Å². The van der Waals surface area contributed by atoms with Crippen LogP contribution in [0.4, 0.5) is 8.78 Å². The number of hydrogen-bond donors (Lipinski definition) is 1. The van der Waals surface area contributed by atoms with Crippen molar-refractivity contribution < 1.29 is 13.6 Å². The molecule has 1 aromatic heterocycles. The molecule has 4 nitrogen and oxygen atoms in total. The third-order valence-electron chi connectivity index (χ3n) is 4.34. The summed E-state index contributed by atoms with van der Waals surface area (Å²) in [5.74, 6) is -0.936. The van der Waals surface area contributed by atoms with Gasteiger partial charge in [-0.15, -0.1) is 0 Å². The number of hydrogen-bond acceptors (Lipinski definition) is 2. The molecule has 0 aliphatic carbocycles. The zero-order chi connectivity index (χ0) is 19.6. The third kappa shape index (κ3) is 4.34. The van der Waals surface area contributed by atoms with E-state index in [1.165, 1.54) is 24.3 Å². The second-order valence-corrected chi connectivity index (χ2v) is 6.63. The van der Waals surface area contributed by atoms with Gasteiger partial charge in [0.05, 0.1) is 17.8 Å². The molecule has 1 heterocycles. The molecule has 0 spiro atoms. The molecule has 0 bridgehead atoms. The first-order valence-electron chi connectivity index (χ1n) is 8.37. The van der Waals surface area contributed by atoms with E-state index in [0.29, 0.717) is 5.56 Å². The molecular formula is C20H18ClF2N3O. The molecule has 0 aliphatic heterocycles. The van der Waals surface area contributed by atoms with Crippen LogP contribution in [0.5, 0.6) is 0 Å². The SMILES string of the molecule is Cc1nn(-c2ccc(F)cc2)c(C)c1CC(=O)NCc1ccc(F)cc1Cl. The molecule has 0 fully saturated rings. The number of rotatable bonds is 5. The monoisotopic (exact) mass is 389 g/mol. The van der Waals surface area contributed by atoms with E-state index in [0.717, 1.165) is 22.6 Å². The van der Waals surface area contributed by atoms with Gasteiger partial charge in [0.1, 0.15) is 11.6 Å². The Bertz CT molecular complexity index is 984. The molecule has 0 aliphatic rings.